The number of fused-ring (bicyclic) bond motifs is 1. The van der Waals surface area contributed by atoms with Gasteiger partial charge in [0.2, 0.25) is 0 Å². The van der Waals surface area contributed by atoms with Crippen LogP contribution in [0.3, 0.4) is 0 Å². The Morgan fingerprint density at radius 2 is 2.43 bits per heavy atom. The van der Waals surface area contributed by atoms with E-state index in [-0.39, 0.29) is 11.5 Å². The molecule has 0 saturated heterocycles. The second-order valence-corrected chi connectivity index (χ2v) is 2.68. The maximum absolute atomic E-state index is 10.8. The summed E-state index contributed by atoms with van der Waals surface area (Å²) in [5.41, 5.74) is 0.682. The molecule has 0 saturated carbocycles. The highest BCUT2D eigenvalue weighted by Gasteiger charge is 2.12. The van der Waals surface area contributed by atoms with Gasteiger partial charge in [0.15, 0.2) is 5.69 Å². The molecule has 72 valence electrons. The van der Waals surface area contributed by atoms with Crippen molar-refractivity contribution in [3.05, 3.63) is 17.5 Å². The minimum absolute atomic E-state index is 0.0249. The lowest BCUT2D eigenvalue weighted by atomic mass is 10.3. The van der Waals surface area contributed by atoms with Crippen LogP contribution in [0.1, 0.15) is 23.1 Å². The molecule has 2 rings (SSSR count). The Labute approximate surface area is 78.4 Å². The standard InChI is InChI=1S/C7H7N5O2/c1-2-4-3-5(6(13)14)12-7(8-4)9-10-11-12/h3H,2H2,1H3,(H,13,14). The smallest absolute Gasteiger partial charge is 0.354 e. The Kier molecular flexibility index (Phi) is 1.84. The third-order valence-corrected chi connectivity index (χ3v) is 1.81. The molecule has 2 aromatic rings. The molecule has 0 aliphatic heterocycles. The molecule has 0 aromatic carbocycles. The van der Waals surface area contributed by atoms with E-state index >= 15 is 0 Å². The number of aromatic carboxylic acids is 1. The summed E-state index contributed by atoms with van der Waals surface area (Å²) in [7, 11) is 0. The van der Waals surface area contributed by atoms with Gasteiger partial charge in [0.05, 0.1) is 0 Å². The van der Waals surface area contributed by atoms with Crippen LogP contribution in [0.4, 0.5) is 0 Å². The average Bonchev–Trinajstić information content (AvgIpc) is 2.63. The molecule has 0 atom stereocenters. The van der Waals surface area contributed by atoms with Gasteiger partial charge in [0, 0.05) is 5.69 Å². The molecule has 7 heteroatoms. The van der Waals surface area contributed by atoms with Crippen molar-refractivity contribution in [1.82, 2.24) is 25.0 Å². The largest absolute Gasteiger partial charge is 0.477 e. The quantitative estimate of drug-likeness (QED) is 0.708. The van der Waals surface area contributed by atoms with E-state index in [0.29, 0.717) is 12.1 Å². The van der Waals surface area contributed by atoms with Crippen molar-refractivity contribution in [2.45, 2.75) is 13.3 Å². The van der Waals surface area contributed by atoms with Crippen LogP contribution < -0.4 is 0 Å². The summed E-state index contributed by atoms with van der Waals surface area (Å²) in [6, 6.07) is 1.46. The molecule has 0 radical (unpaired) electrons. The maximum Gasteiger partial charge on any atom is 0.354 e. The summed E-state index contributed by atoms with van der Waals surface area (Å²) in [5.74, 6) is -0.860. The van der Waals surface area contributed by atoms with Crippen molar-refractivity contribution in [2.24, 2.45) is 0 Å². The number of tetrazole rings is 1. The molecule has 0 spiro atoms. The van der Waals surface area contributed by atoms with Gasteiger partial charge in [-0.15, -0.1) is 0 Å². The Hall–Kier alpha value is -2.05. The van der Waals surface area contributed by atoms with Gasteiger partial charge in [0.25, 0.3) is 5.78 Å². The molecule has 0 aliphatic carbocycles. The normalized spacial score (nSPS) is 10.6. The van der Waals surface area contributed by atoms with E-state index in [1.54, 1.807) is 0 Å². The topological polar surface area (TPSA) is 93.3 Å². The second kappa shape index (κ2) is 3.02. The predicted octanol–water partition coefficient (Wildman–Crippen LogP) is -0.220. The summed E-state index contributed by atoms with van der Waals surface area (Å²) >= 11 is 0. The SMILES string of the molecule is CCc1cc(C(=O)O)n2nnnc2n1. The first-order valence-corrected chi connectivity index (χ1v) is 4.03. The zero-order valence-corrected chi connectivity index (χ0v) is 7.38. The van der Waals surface area contributed by atoms with Gasteiger partial charge in [-0.1, -0.05) is 12.0 Å². The van der Waals surface area contributed by atoms with Gasteiger partial charge in [-0.05, 0) is 22.9 Å². The third kappa shape index (κ3) is 1.18. The molecule has 7 nitrogen and oxygen atoms in total. The molecule has 1 N–H and O–H groups in total. The first kappa shape index (κ1) is 8.54. The summed E-state index contributed by atoms with van der Waals surface area (Å²) < 4.78 is 1.10. The van der Waals surface area contributed by atoms with Gasteiger partial charge in [0.1, 0.15) is 0 Å². The van der Waals surface area contributed by atoms with Crippen LogP contribution in [0.15, 0.2) is 6.07 Å². The van der Waals surface area contributed by atoms with Crippen molar-refractivity contribution in [3.63, 3.8) is 0 Å². The fourth-order valence-corrected chi connectivity index (χ4v) is 1.12. The monoisotopic (exact) mass is 193 g/mol. The molecule has 0 amide bonds. The number of rotatable bonds is 2. The van der Waals surface area contributed by atoms with E-state index in [0.717, 1.165) is 4.52 Å². The lowest BCUT2D eigenvalue weighted by Gasteiger charge is -1.99. The third-order valence-electron chi connectivity index (χ3n) is 1.81. The Morgan fingerprint density at radius 3 is 3.07 bits per heavy atom. The molecule has 0 aliphatic rings. The van der Waals surface area contributed by atoms with Crippen molar-refractivity contribution in [3.8, 4) is 0 Å². The molecule has 14 heavy (non-hydrogen) atoms. The van der Waals surface area contributed by atoms with Crippen LogP contribution in [-0.4, -0.2) is 36.1 Å². The summed E-state index contributed by atoms with van der Waals surface area (Å²) in [5, 5.41) is 19.4. The van der Waals surface area contributed by atoms with E-state index in [2.05, 4.69) is 20.5 Å². The molecule has 2 aromatic heterocycles. The molecule has 0 unspecified atom stereocenters. The highest BCUT2D eigenvalue weighted by atomic mass is 16.4. The van der Waals surface area contributed by atoms with E-state index in [1.165, 1.54) is 6.07 Å². The highest BCUT2D eigenvalue weighted by molar-refractivity contribution is 5.86. The van der Waals surface area contributed by atoms with Crippen molar-refractivity contribution < 1.29 is 9.90 Å². The van der Waals surface area contributed by atoms with Crippen molar-refractivity contribution in [1.29, 1.82) is 0 Å². The average molecular weight is 193 g/mol. The number of aromatic nitrogens is 5. The van der Waals surface area contributed by atoms with Crippen LogP contribution in [-0.2, 0) is 6.42 Å². The van der Waals surface area contributed by atoms with Crippen molar-refractivity contribution >= 4 is 11.7 Å². The van der Waals surface area contributed by atoms with Gasteiger partial charge in [-0.3, -0.25) is 0 Å². The second-order valence-electron chi connectivity index (χ2n) is 2.68. The maximum atomic E-state index is 10.8. The number of nitrogens with zero attached hydrogens (tertiary/aromatic N) is 5. The fourth-order valence-electron chi connectivity index (χ4n) is 1.12. The first-order valence-electron chi connectivity index (χ1n) is 4.03. The molecule has 0 fully saturated rings. The number of hydrogen-bond donors (Lipinski definition) is 1. The Balaban J connectivity index is 2.76. The van der Waals surface area contributed by atoms with E-state index < -0.39 is 5.97 Å². The lowest BCUT2D eigenvalue weighted by Crippen LogP contribution is -2.09. The van der Waals surface area contributed by atoms with Gasteiger partial charge in [-0.25, -0.2) is 9.78 Å². The number of carboxylic acid groups (broad SMARTS) is 1. The summed E-state index contributed by atoms with van der Waals surface area (Å²) in [4.78, 5) is 14.9. The Morgan fingerprint density at radius 1 is 1.64 bits per heavy atom. The lowest BCUT2D eigenvalue weighted by molar-refractivity contribution is 0.0686. The zero-order chi connectivity index (χ0) is 10.1. The minimum Gasteiger partial charge on any atom is -0.477 e. The van der Waals surface area contributed by atoms with E-state index in [4.69, 9.17) is 5.11 Å². The van der Waals surface area contributed by atoms with Crippen LogP contribution >= 0.6 is 0 Å². The van der Waals surface area contributed by atoms with Gasteiger partial charge >= 0.3 is 5.97 Å². The van der Waals surface area contributed by atoms with Crippen LogP contribution in [0, 0.1) is 0 Å². The highest BCUT2D eigenvalue weighted by Crippen LogP contribution is 2.05. The van der Waals surface area contributed by atoms with Gasteiger partial charge in [-0.2, -0.15) is 4.52 Å². The van der Waals surface area contributed by atoms with E-state index in [9.17, 15) is 4.79 Å². The molecular formula is C7H7N5O2. The number of carbonyl (C=O) groups is 1. The minimum atomic E-state index is -1.07. The van der Waals surface area contributed by atoms with E-state index in [1.807, 2.05) is 6.92 Å². The number of hydrogen-bond acceptors (Lipinski definition) is 5. The molecule has 0 bridgehead atoms. The molecule has 2 heterocycles. The number of aryl methyl sites for hydroxylation is 1. The first-order chi connectivity index (χ1) is 6.72. The number of carboxylic acids is 1. The fraction of sp³-hybridized carbons (Fsp3) is 0.286. The summed E-state index contributed by atoms with van der Waals surface area (Å²) in [6.07, 6.45) is 0.643. The van der Waals surface area contributed by atoms with Crippen LogP contribution in [0.2, 0.25) is 0 Å². The summed E-state index contributed by atoms with van der Waals surface area (Å²) in [6.45, 7) is 1.88. The van der Waals surface area contributed by atoms with Crippen LogP contribution in [0.5, 0.6) is 0 Å². The van der Waals surface area contributed by atoms with Crippen molar-refractivity contribution in [2.75, 3.05) is 0 Å². The molecular weight excluding hydrogens is 186 g/mol. The Bertz CT molecular complexity index is 492. The van der Waals surface area contributed by atoms with Gasteiger partial charge < -0.3 is 5.11 Å². The predicted molar refractivity (Wildman–Crippen MR) is 44.9 cm³/mol. The zero-order valence-electron chi connectivity index (χ0n) is 7.38. The van der Waals surface area contributed by atoms with Crippen LogP contribution in [0.25, 0.3) is 5.78 Å².